The van der Waals surface area contributed by atoms with Crippen LogP contribution in [0.15, 0.2) is 72.9 Å². The van der Waals surface area contributed by atoms with Crippen molar-refractivity contribution in [2.75, 3.05) is 6.61 Å². The van der Waals surface area contributed by atoms with Crippen molar-refractivity contribution >= 4 is 5.65 Å². The van der Waals surface area contributed by atoms with Gasteiger partial charge in [0.2, 0.25) is 5.82 Å². The van der Waals surface area contributed by atoms with Crippen molar-refractivity contribution in [2.45, 2.75) is 5.92 Å². The summed E-state index contributed by atoms with van der Waals surface area (Å²) in [5, 5.41) is 16.2. The van der Waals surface area contributed by atoms with Crippen LogP contribution in [0.5, 0.6) is 11.5 Å². The van der Waals surface area contributed by atoms with E-state index in [9.17, 15) is 8.78 Å². The summed E-state index contributed by atoms with van der Waals surface area (Å²) in [6, 6.07) is 20.1. The lowest BCUT2D eigenvalue weighted by molar-refractivity contribution is -0.0638. The standard InChI is InChI=1S/C20H15F2N3O2/c21-20(22,13-26)19-24-23-18-11-8-15(12-25(18)19)14-6-9-17(10-7-14)27-16-4-2-1-3-5-16/h1-12,26H,13H2. The first-order valence-corrected chi connectivity index (χ1v) is 8.24. The van der Waals surface area contributed by atoms with Crippen LogP contribution in [0.3, 0.4) is 0 Å². The number of pyridine rings is 1. The van der Waals surface area contributed by atoms with E-state index >= 15 is 0 Å². The summed E-state index contributed by atoms with van der Waals surface area (Å²) in [6.45, 7) is -1.33. The fourth-order valence-electron chi connectivity index (χ4n) is 2.72. The Balaban J connectivity index is 1.65. The number of hydrogen-bond acceptors (Lipinski definition) is 4. The fourth-order valence-corrected chi connectivity index (χ4v) is 2.72. The molecule has 4 aromatic rings. The summed E-state index contributed by atoms with van der Waals surface area (Å²) in [6.07, 6.45) is 1.53. The first-order chi connectivity index (χ1) is 13.1. The maximum atomic E-state index is 13.9. The summed E-state index contributed by atoms with van der Waals surface area (Å²) >= 11 is 0. The molecule has 2 aromatic heterocycles. The number of benzene rings is 2. The maximum Gasteiger partial charge on any atom is 0.329 e. The topological polar surface area (TPSA) is 59.7 Å². The Kier molecular flexibility index (Phi) is 4.29. The molecule has 0 atom stereocenters. The van der Waals surface area contributed by atoms with Gasteiger partial charge in [-0.3, -0.25) is 4.40 Å². The molecule has 0 bridgehead atoms. The average Bonchev–Trinajstić information content (AvgIpc) is 3.13. The molecule has 0 aliphatic carbocycles. The molecule has 4 rings (SSSR count). The number of ether oxygens (including phenoxy) is 1. The minimum absolute atomic E-state index is 0.283. The molecule has 5 nitrogen and oxygen atoms in total. The zero-order valence-electron chi connectivity index (χ0n) is 14.1. The van der Waals surface area contributed by atoms with Gasteiger partial charge in [-0.15, -0.1) is 10.2 Å². The number of aromatic nitrogens is 3. The number of halogens is 2. The molecule has 0 saturated heterocycles. The molecular weight excluding hydrogens is 352 g/mol. The summed E-state index contributed by atoms with van der Waals surface area (Å²) < 4.78 is 34.7. The number of aliphatic hydroxyl groups is 1. The summed E-state index contributed by atoms with van der Waals surface area (Å²) in [5.74, 6) is -2.66. The highest BCUT2D eigenvalue weighted by atomic mass is 19.3. The molecule has 0 aliphatic rings. The zero-order valence-corrected chi connectivity index (χ0v) is 14.1. The number of nitrogens with zero attached hydrogens (tertiary/aromatic N) is 3. The second-order valence-corrected chi connectivity index (χ2v) is 5.97. The number of aliphatic hydroxyl groups excluding tert-OH is 1. The van der Waals surface area contributed by atoms with Crippen molar-refractivity contribution in [1.29, 1.82) is 0 Å². The quantitative estimate of drug-likeness (QED) is 0.572. The molecule has 0 unspecified atom stereocenters. The first-order valence-electron chi connectivity index (χ1n) is 8.24. The zero-order chi connectivity index (χ0) is 18.9. The van der Waals surface area contributed by atoms with E-state index < -0.39 is 18.4 Å². The van der Waals surface area contributed by atoms with Gasteiger partial charge in [0, 0.05) is 6.20 Å². The van der Waals surface area contributed by atoms with E-state index in [0.29, 0.717) is 11.3 Å². The largest absolute Gasteiger partial charge is 0.457 e. The molecule has 0 saturated carbocycles. The van der Waals surface area contributed by atoms with Crippen LogP contribution in [0.25, 0.3) is 16.8 Å². The Bertz CT molecular complexity index is 1060. The first kappa shape index (κ1) is 17.1. The van der Waals surface area contributed by atoms with Crippen LogP contribution >= 0.6 is 0 Å². The summed E-state index contributed by atoms with van der Waals surface area (Å²) in [5.41, 5.74) is 1.82. The minimum Gasteiger partial charge on any atom is -0.457 e. The van der Waals surface area contributed by atoms with E-state index in [0.717, 1.165) is 11.3 Å². The van der Waals surface area contributed by atoms with Crippen molar-refractivity contribution in [2.24, 2.45) is 0 Å². The average molecular weight is 367 g/mol. The lowest BCUT2D eigenvalue weighted by Gasteiger charge is -2.11. The third kappa shape index (κ3) is 3.37. The van der Waals surface area contributed by atoms with Gasteiger partial charge in [-0.1, -0.05) is 30.3 Å². The van der Waals surface area contributed by atoms with Crippen molar-refractivity contribution < 1.29 is 18.6 Å². The second kappa shape index (κ2) is 6.77. The van der Waals surface area contributed by atoms with Crippen molar-refractivity contribution in [3.8, 4) is 22.6 Å². The Labute approximate surface area is 153 Å². The molecule has 0 spiro atoms. The number of hydrogen-bond donors (Lipinski definition) is 1. The maximum absolute atomic E-state index is 13.9. The highest BCUT2D eigenvalue weighted by molar-refractivity contribution is 5.65. The van der Waals surface area contributed by atoms with E-state index in [1.807, 2.05) is 54.6 Å². The van der Waals surface area contributed by atoms with E-state index in [-0.39, 0.29) is 5.65 Å². The minimum atomic E-state index is -3.47. The van der Waals surface area contributed by atoms with Crippen LogP contribution in [0, 0.1) is 0 Å². The van der Waals surface area contributed by atoms with Crippen LogP contribution in [0.1, 0.15) is 5.82 Å². The third-order valence-electron chi connectivity index (χ3n) is 4.09. The highest BCUT2D eigenvalue weighted by Crippen LogP contribution is 2.29. The molecule has 1 N–H and O–H groups in total. The monoisotopic (exact) mass is 367 g/mol. The molecule has 7 heteroatoms. The van der Waals surface area contributed by atoms with E-state index in [2.05, 4.69) is 10.2 Å². The van der Waals surface area contributed by atoms with Crippen LogP contribution in [-0.4, -0.2) is 26.3 Å². The van der Waals surface area contributed by atoms with Crippen molar-refractivity contribution in [1.82, 2.24) is 14.6 Å². The van der Waals surface area contributed by atoms with E-state index in [1.165, 1.54) is 10.6 Å². The SMILES string of the molecule is OCC(F)(F)c1nnc2ccc(-c3ccc(Oc4ccccc4)cc3)cn12. The Hall–Kier alpha value is -3.32. The second-order valence-electron chi connectivity index (χ2n) is 5.97. The van der Waals surface area contributed by atoms with E-state index in [1.54, 1.807) is 12.1 Å². The number of fused-ring (bicyclic) bond motifs is 1. The lowest BCUT2D eigenvalue weighted by atomic mass is 10.1. The Morgan fingerprint density at radius 2 is 1.52 bits per heavy atom. The van der Waals surface area contributed by atoms with Gasteiger partial charge in [0.15, 0.2) is 5.65 Å². The molecule has 136 valence electrons. The fraction of sp³-hybridized carbons (Fsp3) is 0.100. The molecule has 0 radical (unpaired) electrons. The third-order valence-corrected chi connectivity index (χ3v) is 4.09. The molecule has 0 fully saturated rings. The Morgan fingerprint density at radius 1 is 0.852 bits per heavy atom. The predicted octanol–water partition coefficient (Wildman–Crippen LogP) is 4.27. The number of alkyl halides is 2. The van der Waals surface area contributed by atoms with E-state index in [4.69, 9.17) is 9.84 Å². The van der Waals surface area contributed by atoms with Crippen LogP contribution in [0.2, 0.25) is 0 Å². The van der Waals surface area contributed by atoms with Crippen molar-refractivity contribution in [3.05, 3.63) is 78.8 Å². The molecule has 2 heterocycles. The van der Waals surface area contributed by atoms with Gasteiger partial charge >= 0.3 is 5.92 Å². The van der Waals surface area contributed by atoms with Gasteiger partial charge in [0.1, 0.15) is 18.1 Å². The molecule has 2 aromatic carbocycles. The lowest BCUT2D eigenvalue weighted by Crippen LogP contribution is -2.22. The molecule has 0 amide bonds. The van der Waals surface area contributed by atoms with Gasteiger partial charge in [-0.2, -0.15) is 8.78 Å². The Morgan fingerprint density at radius 3 is 2.22 bits per heavy atom. The van der Waals surface area contributed by atoms with Crippen LogP contribution in [0.4, 0.5) is 8.78 Å². The number of para-hydroxylation sites is 1. The smallest absolute Gasteiger partial charge is 0.329 e. The molecule has 27 heavy (non-hydrogen) atoms. The van der Waals surface area contributed by atoms with Crippen LogP contribution < -0.4 is 4.74 Å². The predicted molar refractivity (Wildman–Crippen MR) is 95.9 cm³/mol. The summed E-state index contributed by atoms with van der Waals surface area (Å²) in [4.78, 5) is 0. The van der Waals surface area contributed by atoms with Gasteiger partial charge in [-0.25, -0.2) is 0 Å². The summed E-state index contributed by atoms with van der Waals surface area (Å²) in [7, 11) is 0. The van der Waals surface area contributed by atoms with Gasteiger partial charge in [-0.05, 0) is 47.5 Å². The van der Waals surface area contributed by atoms with Gasteiger partial charge in [0.25, 0.3) is 0 Å². The molecular formula is C20H15F2N3O2. The molecule has 0 aliphatic heterocycles. The van der Waals surface area contributed by atoms with Gasteiger partial charge < -0.3 is 9.84 Å². The van der Waals surface area contributed by atoms with Crippen LogP contribution in [-0.2, 0) is 5.92 Å². The van der Waals surface area contributed by atoms with Gasteiger partial charge in [0.05, 0.1) is 0 Å². The van der Waals surface area contributed by atoms with Crippen molar-refractivity contribution in [3.63, 3.8) is 0 Å². The number of rotatable bonds is 5. The highest BCUT2D eigenvalue weighted by Gasteiger charge is 2.36. The normalized spacial score (nSPS) is 11.7.